The van der Waals surface area contributed by atoms with E-state index in [1.54, 1.807) is 0 Å². The molecular formula is C66H87BrN8O3. The van der Waals surface area contributed by atoms with E-state index < -0.39 is 0 Å². The van der Waals surface area contributed by atoms with Gasteiger partial charge in [-0.2, -0.15) is 10.2 Å². The van der Waals surface area contributed by atoms with Gasteiger partial charge < -0.3 is 9.80 Å². The zero-order chi connectivity index (χ0) is 55.3. The number of hydrogen-bond donors (Lipinski definition) is 0. The summed E-state index contributed by atoms with van der Waals surface area (Å²) in [7, 11) is 0. The standard InChI is InChI=1S/C66H87BrN8O3/c1-47(2)27-38-72(39-28-48(3)4)65(77)51-31-42-74-60(44-51)57(24-18-35-70-33-15-9-16-34-70)63(68-74)55-22-11-10-21-54(55)62(76)46-53-20-14-17-36-71(53)37-19-25-58-61-45-52(66(78)73(40-29-49(5)6)41-30-50(7)8)32-43-75(61)69-64(58)56-23-12-13-26-59(56)67/h10-13,18-19,21-26,31-32,42-45,47-50,53H,9,14-17,20,27-30,33-41,46H2,1-8H3. The van der Waals surface area contributed by atoms with Crippen molar-refractivity contribution in [3.63, 3.8) is 0 Å². The third-order valence-corrected chi connectivity index (χ3v) is 16.5. The Labute approximate surface area is 474 Å². The predicted octanol–water partition coefficient (Wildman–Crippen LogP) is 14.8. The largest absolute Gasteiger partial charge is 0.339 e. The lowest BCUT2D eigenvalue weighted by molar-refractivity contribution is 0.0733. The Morgan fingerprint density at radius 1 is 0.590 bits per heavy atom. The van der Waals surface area contributed by atoms with E-state index in [2.05, 4.69) is 111 Å². The van der Waals surface area contributed by atoms with E-state index in [4.69, 9.17) is 10.2 Å². The molecule has 2 aromatic carbocycles. The summed E-state index contributed by atoms with van der Waals surface area (Å²) in [5.74, 6) is 2.18. The maximum Gasteiger partial charge on any atom is 0.253 e. The number of carbonyl (C=O) groups excluding carboxylic acids is 3. The van der Waals surface area contributed by atoms with Crippen LogP contribution in [-0.4, -0.2) is 121 Å². The van der Waals surface area contributed by atoms with E-state index in [-0.39, 0.29) is 23.6 Å². The number of hydrogen-bond acceptors (Lipinski definition) is 7. The van der Waals surface area contributed by atoms with Gasteiger partial charge in [-0.3, -0.25) is 24.2 Å². The third-order valence-electron chi connectivity index (χ3n) is 15.8. The van der Waals surface area contributed by atoms with Crippen molar-refractivity contribution in [2.24, 2.45) is 23.7 Å². The van der Waals surface area contributed by atoms with Crippen LogP contribution in [0.5, 0.6) is 0 Å². The zero-order valence-electron chi connectivity index (χ0n) is 48.1. The molecule has 0 radical (unpaired) electrons. The number of likely N-dealkylation sites (tertiary alicyclic amines) is 2. The Hall–Kier alpha value is -5.69. The second kappa shape index (κ2) is 27.9. The second-order valence-corrected chi connectivity index (χ2v) is 24.6. The molecule has 0 N–H and O–H groups in total. The summed E-state index contributed by atoms with van der Waals surface area (Å²) in [6.07, 6.45) is 23.6. The van der Waals surface area contributed by atoms with Crippen molar-refractivity contribution < 1.29 is 14.4 Å². The number of piperidine rings is 2. The molecule has 416 valence electrons. The van der Waals surface area contributed by atoms with Crippen LogP contribution in [0, 0.1) is 23.7 Å². The quantitative estimate of drug-likeness (QED) is 0.0527. The number of pyridine rings is 2. The van der Waals surface area contributed by atoms with Crippen LogP contribution in [0.2, 0.25) is 0 Å². The monoisotopic (exact) mass is 1120 g/mol. The average Bonchev–Trinajstić information content (AvgIpc) is 4.03. The predicted molar refractivity (Wildman–Crippen MR) is 325 cm³/mol. The first-order valence-corrected chi connectivity index (χ1v) is 30.2. The van der Waals surface area contributed by atoms with Crippen LogP contribution in [0.25, 0.3) is 45.7 Å². The molecule has 0 aliphatic carbocycles. The second-order valence-electron chi connectivity index (χ2n) is 23.8. The van der Waals surface area contributed by atoms with Gasteiger partial charge in [0.2, 0.25) is 0 Å². The molecule has 0 spiro atoms. The van der Waals surface area contributed by atoms with Gasteiger partial charge in [0, 0.05) is 108 Å². The number of ketones is 1. The fourth-order valence-electron chi connectivity index (χ4n) is 11.0. The number of benzene rings is 2. The van der Waals surface area contributed by atoms with Gasteiger partial charge in [0.05, 0.1) is 11.0 Å². The molecule has 2 fully saturated rings. The van der Waals surface area contributed by atoms with Crippen molar-refractivity contribution in [3.05, 3.63) is 130 Å². The van der Waals surface area contributed by atoms with Crippen LogP contribution in [-0.2, 0) is 0 Å². The molecular weight excluding hydrogens is 1030 g/mol. The minimum Gasteiger partial charge on any atom is -0.339 e. The number of amides is 2. The Bertz CT molecular complexity index is 3010. The summed E-state index contributed by atoms with van der Waals surface area (Å²) in [6.45, 7) is 25.2. The summed E-state index contributed by atoms with van der Waals surface area (Å²) in [5, 5.41) is 10.3. The normalized spacial score (nSPS) is 15.9. The van der Waals surface area contributed by atoms with Crippen molar-refractivity contribution in [3.8, 4) is 22.5 Å². The van der Waals surface area contributed by atoms with Crippen molar-refractivity contribution in [1.29, 1.82) is 0 Å². The van der Waals surface area contributed by atoms with Crippen LogP contribution in [0.4, 0.5) is 0 Å². The van der Waals surface area contributed by atoms with E-state index in [1.807, 2.05) is 98.0 Å². The van der Waals surface area contributed by atoms with Crippen LogP contribution >= 0.6 is 15.9 Å². The van der Waals surface area contributed by atoms with E-state index >= 15 is 0 Å². The number of halogens is 1. The molecule has 0 bridgehead atoms. The molecule has 1 atom stereocenters. The first-order valence-electron chi connectivity index (χ1n) is 29.4. The summed E-state index contributed by atoms with van der Waals surface area (Å²) in [6, 6.07) is 24.0. The Morgan fingerprint density at radius 2 is 1.06 bits per heavy atom. The number of aromatic nitrogens is 4. The molecule has 11 nitrogen and oxygen atoms in total. The lowest BCUT2D eigenvalue weighted by atomic mass is 9.91. The Balaban J connectivity index is 1.08. The van der Waals surface area contributed by atoms with Crippen molar-refractivity contribution in [2.45, 2.75) is 132 Å². The highest BCUT2D eigenvalue weighted by atomic mass is 79.9. The van der Waals surface area contributed by atoms with E-state index in [9.17, 15) is 14.4 Å². The average molecular weight is 1120 g/mol. The van der Waals surface area contributed by atoms with Gasteiger partial charge in [-0.15, -0.1) is 0 Å². The SMILES string of the molecule is CC(C)CCN(CCC(C)C)C(=O)c1ccn2nc(-c3ccccc3Br)c(C=CCN3CCCCC3CC(=O)c3ccccc3-c3nn4ccc(C(=O)N(CCC(C)C)CCC(C)C)cc4c3C=CCN3CCCCC3)c2c1. The van der Waals surface area contributed by atoms with Crippen LogP contribution in [0.15, 0.2) is 102 Å². The molecule has 1 unspecified atom stereocenters. The minimum absolute atomic E-state index is 0.0492. The highest BCUT2D eigenvalue weighted by Crippen LogP contribution is 2.35. The smallest absolute Gasteiger partial charge is 0.253 e. The minimum atomic E-state index is 0.0492. The fourth-order valence-corrected chi connectivity index (χ4v) is 11.5. The van der Waals surface area contributed by atoms with Crippen molar-refractivity contribution in [1.82, 2.24) is 38.8 Å². The van der Waals surface area contributed by atoms with Gasteiger partial charge in [-0.05, 0) is 125 Å². The van der Waals surface area contributed by atoms with Gasteiger partial charge in [-0.1, -0.05) is 151 Å². The summed E-state index contributed by atoms with van der Waals surface area (Å²) in [4.78, 5) is 52.7. The molecule has 6 aromatic rings. The Kier molecular flexibility index (Phi) is 20.9. The van der Waals surface area contributed by atoms with Gasteiger partial charge in [0.1, 0.15) is 11.4 Å². The summed E-state index contributed by atoms with van der Waals surface area (Å²) >= 11 is 3.81. The van der Waals surface area contributed by atoms with Crippen LogP contribution < -0.4 is 0 Å². The molecule has 0 saturated carbocycles. The van der Waals surface area contributed by atoms with Gasteiger partial charge in [-0.25, -0.2) is 9.03 Å². The number of fused-ring (bicyclic) bond motifs is 2. The number of Topliss-reactive ketones (excluding diaryl/α,β-unsaturated/α-hetero) is 1. The van der Waals surface area contributed by atoms with Gasteiger partial charge in [0.15, 0.2) is 5.78 Å². The molecule has 2 aliphatic heterocycles. The fraction of sp³-hybridized carbons (Fsp3) is 0.500. The lowest BCUT2D eigenvalue weighted by Crippen LogP contribution is -2.40. The zero-order valence-corrected chi connectivity index (χ0v) is 49.7. The third kappa shape index (κ3) is 15.2. The summed E-state index contributed by atoms with van der Waals surface area (Å²) in [5.41, 5.74) is 8.95. The molecule has 78 heavy (non-hydrogen) atoms. The summed E-state index contributed by atoms with van der Waals surface area (Å²) < 4.78 is 4.73. The van der Waals surface area contributed by atoms with Gasteiger partial charge >= 0.3 is 0 Å². The maximum atomic E-state index is 15.0. The molecule has 2 saturated heterocycles. The van der Waals surface area contributed by atoms with Crippen molar-refractivity contribution in [2.75, 3.05) is 58.9 Å². The van der Waals surface area contributed by atoms with Crippen LogP contribution in [0.3, 0.4) is 0 Å². The molecule has 2 amide bonds. The molecule has 4 aromatic heterocycles. The molecule has 6 heterocycles. The number of carbonyl (C=O) groups is 3. The van der Waals surface area contributed by atoms with Gasteiger partial charge in [0.25, 0.3) is 11.8 Å². The topological polar surface area (TPSA) is 98.8 Å². The Morgan fingerprint density at radius 3 is 1.59 bits per heavy atom. The number of rotatable bonds is 25. The highest BCUT2D eigenvalue weighted by Gasteiger charge is 2.28. The maximum absolute atomic E-state index is 15.0. The lowest BCUT2D eigenvalue weighted by Gasteiger charge is -2.34. The van der Waals surface area contributed by atoms with Crippen molar-refractivity contribution >= 4 is 56.7 Å². The first kappa shape index (κ1) is 58.5. The molecule has 8 rings (SSSR count). The first-order chi connectivity index (χ1) is 37.6. The van der Waals surface area contributed by atoms with E-state index in [0.717, 1.165) is 146 Å². The number of nitrogens with zero attached hydrogens (tertiary/aromatic N) is 8. The van der Waals surface area contributed by atoms with E-state index in [1.165, 1.54) is 19.3 Å². The molecule has 12 heteroatoms. The van der Waals surface area contributed by atoms with E-state index in [0.29, 0.717) is 53.3 Å². The molecule has 2 aliphatic rings. The van der Waals surface area contributed by atoms with Crippen LogP contribution in [0.1, 0.15) is 168 Å². The highest BCUT2D eigenvalue weighted by molar-refractivity contribution is 9.10.